The average Bonchev–Trinajstić information content (AvgIpc) is 3.08. The van der Waals surface area contributed by atoms with Crippen LogP contribution >= 0.6 is 0 Å². The first kappa shape index (κ1) is 12.3. The summed E-state index contributed by atoms with van der Waals surface area (Å²) in [6.07, 6.45) is 4.18. The summed E-state index contributed by atoms with van der Waals surface area (Å²) in [5.74, 6) is 1.53. The maximum atomic E-state index is 9.41. The Morgan fingerprint density at radius 1 is 1.38 bits per heavy atom. The van der Waals surface area contributed by atoms with Crippen LogP contribution in [0.1, 0.15) is 30.1 Å². The molecule has 1 aliphatic rings. The van der Waals surface area contributed by atoms with Crippen LogP contribution in [0, 0.1) is 6.92 Å². The van der Waals surface area contributed by atoms with E-state index in [9.17, 15) is 5.11 Å². The first-order valence-corrected chi connectivity index (χ1v) is 6.74. The Bertz CT molecular complexity index is 804. The number of anilines is 1. The molecular weight excluding hydrogens is 272 g/mol. The Morgan fingerprint density at radius 3 is 2.86 bits per heavy atom. The van der Waals surface area contributed by atoms with Crippen LogP contribution in [0.3, 0.4) is 0 Å². The summed E-state index contributed by atoms with van der Waals surface area (Å²) in [4.78, 5) is 13.0. The molecule has 4 rings (SSSR count). The van der Waals surface area contributed by atoms with E-state index in [-0.39, 0.29) is 18.0 Å². The van der Waals surface area contributed by atoms with Crippen LogP contribution in [0.25, 0.3) is 17.2 Å². The van der Waals surface area contributed by atoms with E-state index in [1.165, 1.54) is 10.8 Å². The summed E-state index contributed by atoms with van der Waals surface area (Å²) in [5.41, 5.74) is 7.99. The number of nitrogen functional groups attached to an aromatic ring is 1. The zero-order valence-corrected chi connectivity index (χ0v) is 11.4. The Balaban J connectivity index is 1.87. The molecule has 0 radical (unpaired) electrons. The SMILES string of the molecule is Cc1c(-c2ncco2)nc(N)n2nc([C@H]3C[C@@H](O)C3)nc12. The van der Waals surface area contributed by atoms with Crippen molar-refractivity contribution in [2.24, 2.45) is 0 Å². The molecule has 21 heavy (non-hydrogen) atoms. The van der Waals surface area contributed by atoms with Gasteiger partial charge in [0.15, 0.2) is 11.5 Å². The fourth-order valence-corrected chi connectivity index (χ4v) is 2.60. The highest BCUT2D eigenvalue weighted by Gasteiger charge is 2.32. The van der Waals surface area contributed by atoms with Gasteiger partial charge in [0.1, 0.15) is 12.0 Å². The zero-order valence-electron chi connectivity index (χ0n) is 11.4. The summed E-state index contributed by atoms with van der Waals surface area (Å²) in [6, 6.07) is 0. The molecule has 0 amide bonds. The number of aliphatic hydroxyl groups excluding tert-OH is 1. The van der Waals surface area contributed by atoms with E-state index in [1.54, 1.807) is 6.20 Å². The van der Waals surface area contributed by atoms with Crippen molar-refractivity contribution in [3.8, 4) is 11.6 Å². The molecule has 0 spiro atoms. The Kier molecular flexibility index (Phi) is 2.49. The van der Waals surface area contributed by atoms with E-state index >= 15 is 0 Å². The van der Waals surface area contributed by atoms with Crippen LogP contribution < -0.4 is 5.73 Å². The lowest BCUT2D eigenvalue weighted by molar-refractivity contribution is 0.0717. The molecule has 0 atom stereocenters. The zero-order chi connectivity index (χ0) is 14.6. The molecule has 8 nitrogen and oxygen atoms in total. The molecule has 1 saturated carbocycles. The third kappa shape index (κ3) is 1.79. The molecule has 3 aromatic heterocycles. The smallest absolute Gasteiger partial charge is 0.245 e. The summed E-state index contributed by atoms with van der Waals surface area (Å²) in [7, 11) is 0. The second-order valence-corrected chi connectivity index (χ2v) is 5.31. The van der Waals surface area contributed by atoms with Crippen molar-refractivity contribution in [3.63, 3.8) is 0 Å². The van der Waals surface area contributed by atoms with Gasteiger partial charge in [0.25, 0.3) is 0 Å². The monoisotopic (exact) mass is 286 g/mol. The van der Waals surface area contributed by atoms with Gasteiger partial charge in [-0.3, -0.25) is 0 Å². The number of aryl methyl sites for hydroxylation is 1. The highest BCUT2D eigenvalue weighted by atomic mass is 16.3. The van der Waals surface area contributed by atoms with Gasteiger partial charge in [-0.1, -0.05) is 0 Å². The molecule has 0 aliphatic heterocycles. The quantitative estimate of drug-likeness (QED) is 0.719. The molecule has 0 bridgehead atoms. The first-order chi connectivity index (χ1) is 10.1. The highest BCUT2D eigenvalue weighted by Crippen LogP contribution is 2.35. The van der Waals surface area contributed by atoms with E-state index in [0.717, 1.165) is 5.56 Å². The number of hydrogen-bond acceptors (Lipinski definition) is 7. The van der Waals surface area contributed by atoms with Crippen molar-refractivity contribution in [1.82, 2.24) is 24.6 Å². The maximum Gasteiger partial charge on any atom is 0.245 e. The second-order valence-electron chi connectivity index (χ2n) is 5.31. The standard InChI is InChI=1S/C13H14N6O2/c1-6-9(12-15-2-3-21-12)16-13(14)19-11(6)17-10(18-19)7-4-8(20)5-7/h2-3,7-8,20H,4-5H2,1H3,(H2,14,16)/t7-,8+. The lowest BCUT2D eigenvalue weighted by Crippen LogP contribution is -2.27. The fraction of sp³-hybridized carbons (Fsp3) is 0.385. The van der Waals surface area contributed by atoms with Crippen molar-refractivity contribution < 1.29 is 9.52 Å². The van der Waals surface area contributed by atoms with E-state index < -0.39 is 0 Å². The fourth-order valence-electron chi connectivity index (χ4n) is 2.60. The second kappa shape index (κ2) is 4.26. The predicted molar refractivity (Wildman–Crippen MR) is 73.4 cm³/mol. The topological polar surface area (TPSA) is 115 Å². The third-order valence-corrected chi connectivity index (χ3v) is 3.87. The lowest BCUT2D eigenvalue weighted by Gasteiger charge is -2.28. The van der Waals surface area contributed by atoms with Crippen molar-refractivity contribution in [2.75, 3.05) is 5.73 Å². The molecule has 1 fully saturated rings. The molecule has 108 valence electrons. The minimum atomic E-state index is -0.249. The Morgan fingerprint density at radius 2 is 2.19 bits per heavy atom. The van der Waals surface area contributed by atoms with Gasteiger partial charge < -0.3 is 15.3 Å². The maximum absolute atomic E-state index is 9.41. The lowest BCUT2D eigenvalue weighted by atomic mass is 9.82. The van der Waals surface area contributed by atoms with Crippen LogP contribution in [0.5, 0.6) is 0 Å². The summed E-state index contributed by atoms with van der Waals surface area (Å²) in [6.45, 7) is 1.88. The average molecular weight is 286 g/mol. The summed E-state index contributed by atoms with van der Waals surface area (Å²) < 4.78 is 6.81. The molecule has 1 aliphatic carbocycles. The Labute approximate surface area is 119 Å². The van der Waals surface area contributed by atoms with Crippen LogP contribution in [0.15, 0.2) is 16.9 Å². The van der Waals surface area contributed by atoms with Crippen LogP contribution in [0.2, 0.25) is 0 Å². The molecule has 0 unspecified atom stereocenters. The van der Waals surface area contributed by atoms with Crippen molar-refractivity contribution in [1.29, 1.82) is 0 Å². The van der Waals surface area contributed by atoms with Crippen LogP contribution in [0.4, 0.5) is 5.95 Å². The van der Waals surface area contributed by atoms with Gasteiger partial charge in [-0.15, -0.1) is 5.10 Å². The predicted octanol–water partition coefficient (Wildman–Crippen LogP) is 0.908. The normalized spacial score (nSPS) is 21.6. The number of oxazole rings is 1. The summed E-state index contributed by atoms with van der Waals surface area (Å²) >= 11 is 0. The number of rotatable bonds is 2. The highest BCUT2D eigenvalue weighted by molar-refractivity contribution is 5.65. The molecule has 3 N–H and O–H groups in total. The molecule has 8 heteroatoms. The molecular formula is C13H14N6O2. The molecule has 3 heterocycles. The van der Waals surface area contributed by atoms with Gasteiger partial charge in [0.2, 0.25) is 11.8 Å². The minimum Gasteiger partial charge on any atom is -0.443 e. The molecule has 0 aromatic carbocycles. The Hall–Kier alpha value is -2.48. The van der Waals surface area contributed by atoms with Gasteiger partial charge in [-0.25, -0.2) is 15.0 Å². The van der Waals surface area contributed by atoms with Crippen LogP contribution in [-0.2, 0) is 0 Å². The van der Waals surface area contributed by atoms with E-state index in [0.29, 0.717) is 35.9 Å². The number of nitrogens with two attached hydrogens (primary N) is 1. The van der Waals surface area contributed by atoms with Gasteiger partial charge in [-0.2, -0.15) is 4.52 Å². The minimum absolute atomic E-state index is 0.184. The number of fused-ring (bicyclic) bond motifs is 1. The van der Waals surface area contributed by atoms with Gasteiger partial charge in [0.05, 0.1) is 12.3 Å². The largest absolute Gasteiger partial charge is 0.443 e. The van der Waals surface area contributed by atoms with E-state index in [2.05, 4.69) is 20.1 Å². The number of hydrogen-bond donors (Lipinski definition) is 2. The van der Waals surface area contributed by atoms with Gasteiger partial charge >= 0.3 is 0 Å². The number of nitrogens with zero attached hydrogens (tertiary/aromatic N) is 5. The molecule has 3 aromatic rings. The van der Waals surface area contributed by atoms with Gasteiger partial charge in [-0.05, 0) is 19.8 Å². The number of aromatic nitrogens is 5. The van der Waals surface area contributed by atoms with Crippen molar-refractivity contribution >= 4 is 11.6 Å². The van der Waals surface area contributed by atoms with Crippen molar-refractivity contribution in [3.05, 3.63) is 23.8 Å². The van der Waals surface area contributed by atoms with Gasteiger partial charge in [0, 0.05) is 11.5 Å². The molecule has 0 saturated heterocycles. The first-order valence-electron chi connectivity index (χ1n) is 6.74. The van der Waals surface area contributed by atoms with Crippen molar-refractivity contribution in [2.45, 2.75) is 31.8 Å². The van der Waals surface area contributed by atoms with Crippen LogP contribution in [-0.4, -0.2) is 35.8 Å². The summed E-state index contributed by atoms with van der Waals surface area (Å²) in [5, 5.41) is 13.8. The third-order valence-electron chi connectivity index (χ3n) is 3.87. The van der Waals surface area contributed by atoms with E-state index in [1.807, 2.05) is 6.92 Å². The van der Waals surface area contributed by atoms with E-state index in [4.69, 9.17) is 10.2 Å². The number of aliphatic hydroxyl groups is 1.